The summed E-state index contributed by atoms with van der Waals surface area (Å²) in [5.74, 6) is -4.23. The highest BCUT2D eigenvalue weighted by Crippen LogP contribution is 2.42. The number of alkyl halides is 2. The van der Waals surface area contributed by atoms with E-state index in [1.54, 1.807) is 19.1 Å². The normalized spacial score (nSPS) is 30.9. The third kappa shape index (κ3) is 4.35. The second-order valence-electron chi connectivity index (χ2n) is 7.81. The average molecular weight is 540 g/mol. The van der Waals surface area contributed by atoms with Gasteiger partial charge in [-0.05, 0) is 54.0 Å². The van der Waals surface area contributed by atoms with Crippen LogP contribution in [0.5, 0.6) is 0 Å². The van der Waals surface area contributed by atoms with Gasteiger partial charge in [0, 0.05) is 22.0 Å². The lowest BCUT2D eigenvalue weighted by molar-refractivity contribution is -0.137. The lowest BCUT2D eigenvalue weighted by Gasteiger charge is -2.46. The monoisotopic (exact) mass is 539 g/mol. The van der Waals surface area contributed by atoms with Gasteiger partial charge in [-0.2, -0.15) is 0 Å². The molecule has 1 saturated heterocycles. The quantitative estimate of drug-likeness (QED) is 0.527. The molecule has 1 aromatic rings. The van der Waals surface area contributed by atoms with Gasteiger partial charge in [0.25, 0.3) is 5.92 Å². The van der Waals surface area contributed by atoms with E-state index in [-0.39, 0.29) is 37.6 Å². The third-order valence-electron chi connectivity index (χ3n) is 5.66. The molecule has 0 bridgehead atoms. The molecule has 3 atom stereocenters. The predicted octanol–water partition coefficient (Wildman–Crippen LogP) is 4.84. The molecule has 1 aromatic carbocycles. The van der Waals surface area contributed by atoms with Crippen molar-refractivity contribution in [2.24, 2.45) is 10.9 Å². The predicted molar refractivity (Wildman–Crippen MR) is 113 cm³/mol. The number of hydrogen-bond donors (Lipinski definition) is 2. The molecular weight excluding hydrogens is 519 g/mol. The average Bonchev–Trinajstić information content (AvgIpc) is 2.59. The maximum Gasteiger partial charge on any atom is 0.434 e. The van der Waals surface area contributed by atoms with E-state index in [4.69, 9.17) is 11.6 Å². The van der Waals surface area contributed by atoms with Gasteiger partial charge < -0.3 is 10.4 Å². The molecule has 0 radical (unpaired) electrons. The van der Waals surface area contributed by atoms with E-state index >= 15 is 0 Å². The number of benzene rings is 1. The summed E-state index contributed by atoms with van der Waals surface area (Å²) in [6, 6.07) is 4.84. The van der Waals surface area contributed by atoms with Crippen molar-refractivity contribution in [1.82, 2.24) is 10.2 Å². The topological polar surface area (TPSA) is 82.0 Å². The van der Waals surface area contributed by atoms with E-state index in [2.05, 4.69) is 32.9 Å². The van der Waals surface area contributed by atoms with Crippen LogP contribution in [0.25, 0.3) is 0 Å². The van der Waals surface area contributed by atoms with Gasteiger partial charge in [0.05, 0.1) is 17.0 Å². The van der Waals surface area contributed by atoms with Gasteiger partial charge in [0.1, 0.15) is 0 Å². The Kier molecular flexibility index (Phi) is 6.11. The largest absolute Gasteiger partial charge is 0.463 e. The fourth-order valence-corrected chi connectivity index (χ4v) is 4.87. The summed E-state index contributed by atoms with van der Waals surface area (Å²) in [6.45, 7) is 3.19. The molecular formula is C19H21ClF2IN3O3. The van der Waals surface area contributed by atoms with Crippen LogP contribution in [0.2, 0.25) is 5.02 Å². The summed E-state index contributed by atoms with van der Waals surface area (Å²) in [7, 11) is 0. The number of carboxylic acid groups (broad SMARTS) is 1. The maximum absolute atomic E-state index is 13.9. The zero-order chi connectivity index (χ0) is 21.6. The summed E-state index contributed by atoms with van der Waals surface area (Å²) < 4.78 is 28.6. The SMILES string of the molecule is C[C@H]1C[C@@H](N2C(=O)C[C@@](C)(c3cccc(I)c3Cl)N/C2=N\C(=O)O)CCC1(F)F. The highest BCUT2D eigenvalue weighted by Gasteiger charge is 2.48. The van der Waals surface area contributed by atoms with Crippen molar-refractivity contribution in [3.05, 3.63) is 32.4 Å². The Morgan fingerprint density at radius 2 is 2.14 bits per heavy atom. The molecule has 2 N–H and O–H groups in total. The molecule has 1 heterocycles. The molecule has 2 aliphatic rings. The first kappa shape index (κ1) is 22.2. The van der Waals surface area contributed by atoms with E-state index in [1.165, 1.54) is 11.8 Å². The lowest BCUT2D eigenvalue weighted by atomic mass is 9.81. The van der Waals surface area contributed by atoms with Crippen LogP contribution in [0.4, 0.5) is 13.6 Å². The van der Waals surface area contributed by atoms with Crippen LogP contribution in [-0.2, 0) is 10.3 Å². The summed E-state index contributed by atoms with van der Waals surface area (Å²) in [5.41, 5.74) is -0.342. The van der Waals surface area contributed by atoms with Gasteiger partial charge in [-0.15, -0.1) is 4.99 Å². The number of halogens is 4. The Balaban J connectivity index is 1.97. The zero-order valence-electron chi connectivity index (χ0n) is 15.9. The number of rotatable bonds is 2. The number of guanidine groups is 1. The number of aliphatic imine (C=N–C) groups is 1. The van der Waals surface area contributed by atoms with Crippen molar-refractivity contribution in [3.8, 4) is 0 Å². The molecule has 10 heteroatoms. The Morgan fingerprint density at radius 1 is 1.45 bits per heavy atom. The standard InChI is InChI=1S/C19H21ClF2IN3O3/c1-10-8-11(6-7-19(10,21)22)26-14(27)9-18(2,25-16(26)24-17(28)29)12-4-3-5-13(23)15(12)20/h3-5,10-11H,6-9H2,1-2H3,(H,24,25)(H,28,29)/t10-,11-,18-/m0/s1. The van der Waals surface area contributed by atoms with Crippen molar-refractivity contribution in [1.29, 1.82) is 0 Å². The summed E-state index contributed by atoms with van der Waals surface area (Å²) in [5, 5.41) is 12.8. The molecule has 1 saturated carbocycles. The highest BCUT2D eigenvalue weighted by molar-refractivity contribution is 14.1. The van der Waals surface area contributed by atoms with E-state index in [0.717, 1.165) is 3.57 Å². The number of nitrogens with zero attached hydrogens (tertiary/aromatic N) is 2. The zero-order valence-corrected chi connectivity index (χ0v) is 18.8. The van der Waals surface area contributed by atoms with Crippen LogP contribution in [0, 0.1) is 9.49 Å². The van der Waals surface area contributed by atoms with E-state index in [0.29, 0.717) is 10.6 Å². The molecule has 0 unspecified atom stereocenters. The molecule has 158 valence electrons. The van der Waals surface area contributed by atoms with Crippen LogP contribution in [0.15, 0.2) is 23.2 Å². The Hall–Kier alpha value is -1.49. The van der Waals surface area contributed by atoms with Gasteiger partial charge in [-0.1, -0.05) is 30.7 Å². The van der Waals surface area contributed by atoms with Crippen LogP contribution < -0.4 is 5.32 Å². The summed E-state index contributed by atoms with van der Waals surface area (Å²) in [6.07, 6.45) is -1.70. The van der Waals surface area contributed by atoms with Crippen LogP contribution in [0.3, 0.4) is 0 Å². The first-order chi connectivity index (χ1) is 13.4. The van der Waals surface area contributed by atoms with Gasteiger partial charge in [0.15, 0.2) is 0 Å². The van der Waals surface area contributed by atoms with Crippen molar-refractivity contribution in [2.75, 3.05) is 0 Å². The van der Waals surface area contributed by atoms with Gasteiger partial charge >= 0.3 is 6.09 Å². The fourth-order valence-electron chi connectivity index (χ4n) is 4.04. The number of carbonyl (C=O) groups excluding carboxylic acids is 1. The highest BCUT2D eigenvalue weighted by atomic mass is 127. The molecule has 3 rings (SSSR count). The van der Waals surface area contributed by atoms with Crippen LogP contribution >= 0.6 is 34.2 Å². The Bertz CT molecular complexity index is 882. The van der Waals surface area contributed by atoms with Crippen LogP contribution in [0.1, 0.15) is 45.1 Å². The fraction of sp³-hybridized carbons (Fsp3) is 0.526. The molecule has 0 spiro atoms. The summed E-state index contributed by atoms with van der Waals surface area (Å²) in [4.78, 5) is 29.3. The Morgan fingerprint density at radius 3 is 2.76 bits per heavy atom. The molecule has 2 fully saturated rings. The molecule has 6 nitrogen and oxygen atoms in total. The Labute approximate surface area is 185 Å². The maximum atomic E-state index is 13.9. The van der Waals surface area contributed by atoms with E-state index in [9.17, 15) is 23.5 Å². The smallest absolute Gasteiger partial charge is 0.434 e. The molecule has 1 aliphatic carbocycles. The third-order valence-corrected chi connectivity index (χ3v) is 7.28. The number of amides is 2. The second-order valence-corrected chi connectivity index (χ2v) is 9.35. The number of nitrogens with one attached hydrogen (secondary N) is 1. The lowest BCUT2D eigenvalue weighted by Crippen LogP contribution is -2.63. The van der Waals surface area contributed by atoms with Gasteiger partial charge in [-0.3, -0.25) is 9.69 Å². The molecule has 0 aromatic heterocycles. The van der Waals surface area contributed by atoms with Crippen LogP contribution in [-0.4, -0.2) is 39.9 Å². The van der Waals surface area contributed by atoms with Crippen molar-refractivity contribution >= 4 is 52.2 Å². The minimum atomic E-state index is -2.80. The second kappa shape index (κ2) is 7.98. The summed E-state index contributed by atoms with van der Waals surface area (Å²) >= 11 is 8.52. The molecule has 2 amide bonds. The molecule has 1 aliphatic heterocycles. The van der Waals surface area contributed by atoms with E-state index in [1.807, 2.05) is 6.07 Å². The van der Waals surface area contributed by atoms with Crippen molar-refractivity contribution < 1.29 is 23.5 Å². The molecule has 29 heavy (non-hydrogen) atoms. The van der Waals surface area contributed by atoms with Crippen molar-refractivity contribution in [3.63, 3.8) is 0 Å². The van der Waals surface area contributed by atoms with Gasteiger partial charge in [-0.25, -0.2) is 13.6 Å². The van der Waals surface area contributed by atoms with E-state index < -0.39 is 29.5 Å². The van der Waals surface area contributed by atoms with Gasteiger partial charge in [0.2, 0.25) is 11.9 Å². The minimum Gasteiger partial charge on any atom is -0.463 e. The first-order valence-electron chi connectivity index (χ1n) is 9.19. The first-order valence-corrected chi connectivity index (χ1v) is 10.6. The minimum absolute atomic E-state index is 0.00722. The number of carbonyl (C=O) groups is 2. The van der Waals surface area contributed by atoms with Crippen molar-refractivity contribution in [2.45, 2.75) is 57.0 Å². The number of hydrogen-bond acceptors (Lipinski definition) is 2.